The van der Waals surface area contributed by atoms with Crippen molar-refractivity contribution in [3.63, 3.8) is 0 Å². The van der Waals surface area contributed by atoms with Crippen LogP contribution in [0.3, 0.4) is 0 Å². The van der Waals surface area contributed by atoms with E-state index >= 15 is 0 Å². The molecule has 0 aliphatic rings. The number of benzene rings is 1. The highest BCUT2D eigenvalue weighted by molar-refractivity contribution is 5.68. The number of halogens is 2. The van der Waals surface area contributed by atoms with Gasteiger partial charge >= 0.3 is 6.09 Å². The molecule has 0 unspecified atom stereocenters. The summed E-state index contributed by atoms with van der Waals surface area (Å²) < 4.78 is 31.7. The third kappa shape index (κ3) is 4.87. The average Bonchev–Trinajstić information content (AvgIpc) is 2.32. The predicted molar refractivity (Wildman–Crippen MR) is 74.0 cm³/mol. The summed E-state index contributed by atoms with van der Waals surface area (Å²) in [6.45, 7) is 5.37. The Morgan fingerprint density at radius 3 is 2.60 bits per heavy atom. The molecule has 0 heterocycles. The molecule has 0 saturated carbocycles. The molecule has 0 saturated heterocycles. The van der Waals surface area contributed by atoms with E-state index in [2.05, 4.69) is 5.32 Å². The van der Waals surface area contributed by atoms with Crippen molar-refractivity contribution in [1.82, 2.24) is 5.32 Å². The zero-order chi connectivity index (χ0) is 15.3. The summed E-state index contributed by atoms with van der Waals surface area (Å²) in [6.07, 6.45) is 2.26. The molecule has 1 amide bonds. The molecule has 110 valence electrons. The fourth-order valence-corrected chi connectivity index (χ4v) is 1.35. The predicted octanol–water partition coefficient (Wildman–Crippen LogP) is 3.08. The standard InChI is InChI=1S/C14H18F2N2O2/c1-14(2,3)20-13(19)18-8-4-5-9-6-7-10(17)12(16)11(9)15/h4-7H,8,17H2,1-3H3,(H,18,19). The van der Waals surface area contributed by atoms with E-state index in [-0.39, 0.29) is 17.8 Å². The maximum absolute atomic E-state index is 13.5. The van der Waals surface area contributed by atoms with Gasteiger partial charge in [0.2, 0.25) is 0 Å². The number of amides is 1. The lowest BCUT2D eigenvalue weighted by atomic mass is 10.1. The molecular formula is C14H18F2N2O2. The monoisotopic (exact) mass is 284 g/mol. The molecular weight excluding hydrogens is 266 g/mol. The molecule has 0 fully saturated rings. The molecule has 6 heteroatoms. The molecule has 0 atom stereocenters. The second-order valence-corrected chi connectivity index (χ2v) is 5.16. The summed E-state index contributed by atoms with van der Waals surface area (Å²) in [7, 11) is 0. The molecule has 3 N–H and O–H groups in total. The van der Waals surface area contributed by atoms with Crippen molar-refractivity contribution in [3.8, 4) is 0 Å². The van der Waals surface area contributed by atoms with E-state index in [4.69, 9.17) is 10.5 Å². The Balaban J connectivity index is 2.54. The minimum absolute atomic E-state index is 0.0580. The van der Waals surface area contributed by atoms with E-state index in [1.165, 1.54) is 24.3 Å². The zero-order valence-corrected chi connectivity index (χ0v) is 11.7. The molecule has 0 aliphatic heterocycles. The second-order valence-electron chi connectivity index (χ2n) is 5.16. The Hall–Kier alpha value is -2.11. The first-order chi connectivity index (χ1) is 9.20. The lowest BCUT2D eigenvalue weighted by Gasteiger charge is -2.19. The summed E-state index contributed by atoms with van der Waals surface area (Å²) in [5.74, 6) is -2.09. The van der Waals surface area contributed by atoms with Gasteiger partial charge in [0.1, 0.15) is 5.60 Å². The molecule has 0 spiro atoms. The lowest BCUT2D eigenvalue weighted by molar-refractivity contribution is 0.0534. The van der Waals surface area contributed by atoms with Gasteiger partial charge in [-0.3, -0.25) is 0 Å². The molecule has 4 nitrogen and oxygen atoms in total. The van der Waals surface area contributed by atoms with E-state index in [1.54, 1.807) is 20.8 Å². The van der Waals surface area contributed by atoms with Crippen LogP contribution in [0.5, 0.6) is 0 Å². The molecule has 20 heavy (non-hydrogen) atoms. The van der Waals surface area contributed by atoms with Crippen LogP contribution >= 0.6 is 0 Å². The maximum Gasteiger partial charge on any atom is 0.407 e. The molecule has 0 aliphatic carbocycles. The number of carbonyl (C=O) groups is 1. The highest BCUT2D eigenvalue weighted by Gasteiger charge is 2.15. The minimum Gasteiger partial charge on any atom is -0.444 e. The Morgan fingerprint density at radius 2 is 2.00 bits per heavy atom. The van der Waals surface area contributed by atoms with Crippen LogP contribution < -0.4 is 11.1 Å². The van der Waals surface area contributed by atoms with E-state index in [0.717, 1.165) is 0 Å². The fraction of sp³-hybridized carbons (Fsp3) is 0.357. The number of hydrogen-bond acceptors (Lipinski definition) is 3. The van der Waals surface area contributed by atoms with Gasteiger partial charge in [0, 0.05) is 12.1 Å². The van der Waals surface area contributed by atoms with Gasteiger partial charge in [-0.2, -0.15) is 0 Å². The van der Waals surface area contributed by atoms with E-state index in [9.17, 15) is 13.6 Å². The third-order valence-electron chi connectivity index (χ3n) is 2.20. The molecule has 0 aromatic heterocycles. The van der Waals surface area contributed by atoms with Gasteiger partial charge in [0.05, 0.1) is 5.69 Å². The fourth-order valence-electron chi connectivity index (χ4n) is 1.35. The average molecular weight is 284 g/mol. The number of alkyl carbamates (subject to hydrolysis) is 1. The van der Waals surface area contributed by atoms with Crippen LogP contribution in [0, 0.1) is 11.6 Å². The van der Waals surface area contributed by atoms with Gasteiger partial charge in [-0.15, -0.1) is 0 Å². The number of ether oxygens (including phenoxy) is 1. The van der Waals surface area contributed by atoms with E-state index < -0.39 is 23.3 Å². The highest BCUT2D eigenvalue weighted by Crippen LogP contribution is 2.18. The summed E-state index contributed by atoms with van der Waals surface area (Å²) in [6, 6.07) is 2.64. The minimum atomic E-state index is -1.08. The van der Waals surface area contributed by atoms with Gasteiger partial charge in [-0.1, -0.05) is 12.2 Å². The van der Waals surface area contributed by atoms with E-state index in [1.807, 2.05) is 0 Å². The molecule has 0 bridgehead atoms. The Bertz CT molecular complexity index is 523. The Morgan fingerprint density at radius 1 is 1.35 bits per heavy atom. The molecule has 1 rings (SSSR count). The Kier molecular flexibility index (Phi) is 5.07. The van der Waals surface area contributed by atoms with Crippen molar-refractivity contribution in [3.05, 3.63) is 35.4 Å². The molecule has 1 aromatic carbocycles. The second kappa shape index (κ2) is 6.36. The van der Waals surface area contributed by atoms with Gasteiger partial charge < -0.3 is 15.8 Å². The van der Waals surface area contributed by atoms with Gasteiger partial charge in [-0.25, -0.2) is 13.6 Å². The number of rotatable bonds is 3. The largest absolute Gasteiger partial charge is 0.444 e. The number of nitrogens with two attached hydrogens (primary N) is 1. The van der Waals surface area contributed by atoms with Gasteiger partial charge in [-0.05, 0) is 32.9 Å². The summed E-state index contributed by atoms with van der Waals surface area (Å²) >= 11 is 0. The van der Waals surface area contributed by atoms with Crippen molar-refractivity contribution >= 4 is 17.9 Å². The first-order valence-corrected chi connectivity index (χ1v) is 6.07. The van der Waals surface area contributed by atoms with E-state index in [0.29, 0.717) is 0 Å². The number of hydrogen-bond donors (Lipinski definition) is 2. The SMILES string of the molecule is CC(C)(C)OC(=O)NCC=Cc1ccc(N)c(F)c1F. The highest BCUT2D eigenvalue weighted by atomic mass is 19.2. The number of anilines is 1. The van der Waals surface area contributed by atoms with Crippen molar-refractivity contribution < 1.29 is 18.3 Å². The maximum atomic E-state index is 13.5. The van der Waals surface area contributed by atoms with Crippen molar-refractivity contribution in [2.24, 2.45) is 0 Å². The smallest absolute Gasteiger partial charge is 0.407 e. The van der Waals surface area contributed by atoms with Crippen LogP contribution in [-0.4, -0.2) is 18.2 Å². The van der Waals surface area contributed by atoms with Crippen LogP contribution in [0.15, 0.2) is 18.2 Å². The normalized spacial score (nSPS) is 11.7. The third-order valence-corrected chi connectivity index (χ3v) is 2.20. The Labute approximate surface area is 116 Å². The number of nitrogens with one attached hydrogen (secondary N) is 1. The van der Waals surface area contributed by atoms with Crippen LogP contribution in [-0.2, 0) is 4.74 Å². The lowest BCUT2D eigenvalue weighted by Crippen LogP contribution is -2.32. The van der Waals surface area contributed by atoms with Crippen LogP contribution in [0.25, 0.3) is 6.08 Å². The van der Waals surface area contributed by atoms with Gasteiger partial charge in [0.25, 0.3) is 0 Å². The van der Waals surface area contributed by atoms with Crippen molar-refractivity contribution in [2.45, 2.75) is 26.4 Å². The van der Waals surface area contributed by atoms with Crippen molar-refractivity contribution in [1.29, 1.82) is 0 Å². The van der Waals surface area contributed by atoms with Gasteiger partial charge in [0.15, 0.2) is 11.6 Å². The zero-order valence-electron chi connectivity index (χ0n) is 11.7. The van der Waals surface area contributed by atoms with Crippen LogP contribution in [0.1, 0.15) is 26.3 Å². The van der Waals surface area contributed by atoms with Crippen molar-refractivity contribution in [2.75, 3.05) is 12.3 Å². The van der Waals surface area contributed by atoms with Crippen LogP contribution in [0.2, 0.25) is 0 Å². The quantitative estimate of drug-likeness (QED) is 0.838. The number of nitrogen functional groups attached to an aromatic ring is 1. The summed E-state index contributed by atoms with van der Waals surface area (Å²) in [4.78, 5) is 11.3. The first kappa shape index (κ1) is 15.9. The summed E-state index contributed by atoms with van der Waals surface area (Å²) in [5, 5.41) is 2.47. The summed E-state index contributed by atoms with van der Waals surface area (Å²) in [5.41, 5.74) is 4.46. The molecule has 1 aromatic rings. The topological polar surface area (TPSA) is 64.3 Å². The first-order valence-electron chi connectivity index (χ1n) is 6.07. The van der Waals surface area contributed by atoms with Crippen LogP contribution in [0.4, 0.5) is 19.3 Å². The molecule has 0 radical (unpaired) electrons. The number of carbonyl (C=O) groups excluding carboxylic acids is 1.